The highest BCUT2D eigenvalue weighted by Gasteiger charge is 2.10. The monoisotopic (exact) mass is 311 g/mol. The number of aliphatic carboxylic acids is 1. The fraction of sp³-hybridized carbons (Fsp3) is 0.167. The van der Waals surface area contributed by atoms with Crippen LogP contribution in [0.1, 0.15) is 5.56 Å². The molecule has 0 fully saturated rings. The summed E-state index contributed by atoms with van der Waals surface area (Å²) in [5.74, 6) is -0.203. The van der Waals surface area contributed by atoms with Gasteiger partial charge in [0.15, 0.2) is 18.1 Å². The zero-order chi connectivity index (χ0) is 13.5. The van der Waals surface area contributed by atoms with E-state index in [2.05, 4.69) is 15.9 Å². The average molecular weight is 312 g/mol. The number of carboxylic acid groups (broad SMARTS) is 1. The molecule has 1 aromatic rings. The Morgan fingerprint density at radius 1 is 1.61 bits per heavy atom. The van der Waals surface area contributed by atoms with Crippen LogP contribution < -0.4 is 9.47 Å². The Kier molecular flexibility index (Phi) is 5.21. The average Bonchev–Trinajstić information content (AvgIpc) is 2.34. The summed E-state index contributed by atoms with van der Waals surface area (Å²) in [5.41, 5.74) is 0.644. The van der Waals surface area contributed by atoms with Crippen LogP contribution in [0.4, 0.5) is 0 Å². The predicted octanol–water partition coefficient (Wildman–Crippen LogP) is 2.46. The number of benzene rings is 1. The lowest BCUT2D eigenvalue weighted by molar-refractivity contribution is -0.131. The largest absolute Gasteiger partial charge is 0.493 e. The molecule has 94 valence electrons. The lowest BCUT2D eigenvalue weighted by atomic mass is 10.2. The second-order valence-corrected chi connectivity index (χ2v) is 4.01. The van der Waals surface area contributed by atoms with Crippen LogP contribution in [0.15, 0.2) is 22.7 Å². The van der Waals surface area contributed by atoms with E-state index in [4.69, 9.17) is 19.8 Å². The van der Waals surface area contributed by atoms with Crippen LogP contribution in [0.2, 0.25) is 0 Å². The highest BCUT2D eigenvalue weighted by Crippen LogP contribution is 2.36. The Balaban J connectivity index is 3.10. The maximum Gasteiger partial charge on any atom is 0.328 e. The molecule has 0 amide bonds. The van der Waals surface area contributed by atoms with E-state index in [0.29, 0.717) is 21.5 Å². The van der Waals surface area contributed by atoms with Crippen molar-refractivity contribution in [2.75, 3.05) is 13.7 Å². The molecule has 18 heavy (non-hydrogen) atoms. The second kappa shape index (κ2) is 6.67. The van der Waals surface area contributed by atoms with E-state index < -0.39 is 5.97 Å². The standard InChI is InChI=1S/C12H10BrNO4/c1-17-10-7-8(2-3-11(15)16)6-9(13)12(10)18-5-4-14/h2-3,6-7H,5H2,1H3,(H,15,16)/b3-2+. The molecule has 0 aliphatic rings. The lowest BCUT2D eigenvalue weighted by Crippen LogP contribution is -1.98. The lowest BCUT2D eigenvalue weighted by Gasteiger charge is -2.11. The van der Waals surface area contributed by atoms with Gasteiger partial charge in [-0.15, -0.1) is 0 Å². The third-order valence-corrected chi connectivity index (χ3v) is 2.54. The number of methoxy groups -OCH3 is 1. The molecule has 0 bridgehead atoms. The summed E-state index contributed by atoms with van der Waals surface area (Å²) in [6.45, 7) is -0.0979. The van der Waals surface area contributed by atoms with Gasteiger partial charge in [-0.2, -0.15) is 5.26 Å². The summed E-state index contributed by atoms with van der Waals surface area (Å²) < 4.78 is 10.9. The van der Waals surface area contributed by atoms with Crippen LogP contribution in [0, 0.1) is 11.3 Å². The first kappa shape index (κ1) is 14.1. The number of nitriles is 1. The Morgan fingerprint density at radius 3 is 2.89 bits per heavy atom. The van der Waals surface area contributed by atoms with E-state index in [1.54, 1.807) is 12.1 Å². The number of hydrogen-bond acceptors (Lipinski definition) is 4. The van der Waals surface area contributed by atoms with Gasteiger partial charge in [0.2, 0.25) is 0 Å². The van der Waals surface area contributed by atoms with E-state index in [9.17, 15) is 4.79 Å². The molecule has 0 heterocycles. The van der Waals surface area contributed by atoms with Gasteiger partial charge >= 0.3 is 5.97 Å². The molecular weight excluding hydrogens is 302 g/mol. The summed E-state index contributed by atoms with van der Waals surface area (Å²) in [7, 11) is 1.46. The Bertz CT molecular complexity index is 520. The van der Waals surface area contributed by atoms with Gasteiger partial charge in [-0.05, 0) is 39.7 Å². The Morgan fingerprint density at radius 2 is 2.33 bits per heavy atom. The minimum Gasteiger partial charge on any atom is -0.493 e. The van der Waals surface area contributed by atoms with E-state index in [-0.39, 0.29) is 6.61 Å². The zero-order valence-corrected chi connectivity index (χ0v) is 11.1. The summed E-state index contributed by atoms with van der Waals surface area (Å²) in [5, 5.41) is 17.0. The molecule has 5 nitrogen and oxygen atoms in total. The summed E-state index contributed by atoms with van der Waals surface area (Å²) in [6, 6.07) is 5.16. The van der Waals surface area contributed by atoms with Crippen LogP contribution in [0.3, 0.4) is 0 Å². The van der Waals surface area contributed by atoms with E-state index in [1.807, 2.05) is 6.07 Å². The van der Waals surface area contributed by atoms with Crippen molar-refractivity contribution in [2.24, 2.45) is 0 Å². The van der Waals surface area contributed by atoms with Crippen LogP contribution in [-0.4, -0.2) is 24.8 Å². The molecular formula is C12H10BrNO4. The zero-order valence-electron chi connectivity index (χ0n) is 9.51. The quantitative estimate of drug-likeness (QED) is 0.845. The first-order chi connectivity index (χ1) is 8.58. The first-order valence-electron chi connectivity index (χ1n) is 4.86. The molecule has 0 saturated heterocycles. The van der Waals surface area contributed by atoms with Crippen LogP contribution in [-0.2, 0) is 4.79 Å². The molecule has 0 atom stereocenters. The topological polar surface area (TPSA) is 79.6 Å². The van der Waals surface area contributed by atoms with Crippen molar-refractivity contribution < 1.29 is 19.4 Å². The molecule has 1 aromatic carbocycles. The number of carbonyl (C=O) groups is 1. The minimum absolute atomic E-state index is 0.0979. The molecule has 0 spiro atoms. The highest BCUT2D eigenvalue weighted by atomic mass is 79.9. The fourth-order valence-corrected chi connectivity index (χ4v) is 1.82. The fourth-order valence-electron chi connectivity index (χ4n) is 1.25. The third kappa shape index (κ3) is 3.79. The van der Waals surface area contributed by atoms with Crippen molar-refractivity contribution in [1.82, 2.24) is 0 Å². The molecule has 1 N–H and O–H groups in total. The van der Waals surface area contributed by atoms with Crippen molar-refractivity contribution in [1.29, 1.82) is 5.26 Å². The van der Waals surface area contributed by atoms with Crippen molar-refractivity contribution in [2.45, 2.75) is 0 Å². The molecule has 1 rings (SSSR count). The SMILES string of the molecule is COc1cc(/C=C/C(=O)O)cc(Br)c1OCC#N. The minimum atomic E-state index is -1.03. The molecule has 0 aliphatic carbocycles. The molecule has 0 saturated carbocycles. The van der Waals surface area contributed by atoms with Gasteiger partial charge < -0.3 is 14.6 Å². The van der Waals surface area contributed by atoms with Gasteiger partial charge in [0.05, 0.1) is 11.6 Å². The van der Waals surface area contributed by atoms with E-state index in [0.717, 1.165) is 6.08 Å². The maximum absolute atomic E-state index is 10.4. The third-order valence-electron chi connectivity index (χ3n) is 1.95. The molecule has 0 aromatic heterocycles. The van der Waals surface area contributed by atoms with Crippen LogP contribution in [0.25, 0.3) is 6.08 Å². The molecule has 0 unspecified atom stereocenters. The summed E-state index contributed by atoms with van der Waals surface area (Å²) in [4.78, 5) is 10.4. The predicted molar refractivity (Wildman–Crippen MR) is 68.5 cm³/mol. The van der Waals surface area contributed by atoms with Gasteiger partial charge in [0.25, 0.3) is 0 Å². The van der Waals surface area contributed by atoms with Gasteiger partial charge in [-0.25, -0.2) is 4.79 Å². The molecule has 6 heteroatoms. The second-order valence-electron chi connectivity index (χ2n) is 3.15. The van der Waals surface area contributed by atoms with Crippen molar-refractivity contribution in [3.8, 4) is 17.6 Å². The van der Waals surface area contributed by atoms with Gasteiger partial charge in [-0.3, -0.25) is 0 Å². The Labute approximate surface area is 112 Å². The first-order valence-corrected chi connectivity index (χ1v) is 5.66. The van der Waals surface area contributed by atoms with Gasteiger partial charge in [-0.1, -0.05) is 0 Å². The van der Waals surface area contributed by atoms with E-state index >= 15 is 0 Å². The number of nitrogens with zero attached hydrogens (tertiary/aromatic N) is 1. The number of rotatable bonds is 5. The Hall–Kier alpha value is -2.00. The van der Waals surface area contributed by atoms with Crippen molar-refractivity contribution in [3.63, 3.8) is 0 Å². The molecule has 0 aliphatic heterocycles. The normalized spacial score (nSPS) is 10.1. The van der Waals surface area contributed by atoms with Crippen LogP contribution in [0.5, 0.6) is 11.5 Å². The molecule has 0 radical (unpaired) electrons. The van der Waals surface area contributed by atoms with Crippen molar-refractivity contribution >= 4 is 28.0 Å². The van der Waals surface area contributed by atoms with Gasteiger partial charge in [0, 0.05) is 6.08 Å². The number of hydrogen-bond donors (Lipinski definition) is 1. The summed E-state index contributed by atoms with van der Waals surface area (Å²) in [6.07, 6.45) is 2.46. The van der Waals surface area contributed by atoms with E-state index in [1.165, 1.54) is 13.2 Å². The highest BCUT2D eigenvalue weighted by molar-refractivity contribution is 9.10. The van der Waals surface area contributed by atoms with Gasteiger partial charge in [0.1, 0.15) is 6.07 Å². The number of carboxylic acids is 1. The van der Waals surface area contributed by atoms with Crippen LogP contribution >= 0.6 is 15.9 Å². The summed E-state index contributed by atoms with van der Waals surface area (Å²) >= 11 is 3.28. The number of ether oxygens (including phenoxy) is 2. The number of halogens is 1. The maximum atomic E-state index is 10.4. The van der Waals surface area contributed by atoms with Crippen molar-refractivity contribution in [3.05, 3.63) is 28.2 Å². The smallest absolute Gasteiger partial charge is 0.328 e.